The molecule has 1 rings (SSSR count). The van der Waals surface area contributed by atoms with E-state index in [-0.39, 0.29) is 22.6 Å². The van der Waals surface area contributed by atoms with Crippen molar-refractivity contribution in [3.63, 3.8) is 0 Å². The summed E-state index contributed by atoms with van der Waals surface area (Å²) in [5.74, 6) is -0.223. The SMILES string of the molecule is CC(I)C(=O)OCCOCCOC1CC(C)(C)N([O])C(C)(C)C1. The van der Waals surface area contributed by atoms with E-state index in [4.69, 9.17) is 14.2 Å². The fourth-order valence-corrected chi connectivity index (χ4v) is 3.16. The van der Waals surface area contributed by atoms with Crippen molar-refractivity contribution in [2.75, 3.05) is 26.4 Å². The second kappa shape index (κ2) is 8.94. The van der Waals surface area contributed by atoms with Crippen LogP contribution in [0.15, 0.2) is 0 Å². The minimum absolute atomic E-state index is 0.0616. The number of nitrogens with zero attached hydrogens (tertiary/aromatic N) is 1. The molecule has 1 saturated heterocycles. The molecule has 1 aliphatic rings. The zero-order chi connectivity index (χ0) is 17.7. The van der Waals surface area contributed by atoms with Gasteiger partial charge in [-0.15, -0.1) is 10.3 Å². The first-order valence-corrected chi connectivity index (χ1v) is 9.28. The molecule has 6 nitrogen and oxygen atoms in total. The van der Waals surface area contributed by atoms with Gasteiger partial charge in [-0.05, 0) is 47.5 Å². The maximum Gasteiger partial charge on any atom is 0.318 e. The molecule has 7 heteroatoms. The highest BCUT2D eigenvalue weighted by Gasteiger charge is 2.46. The van der Waals surface area contributed by atoms with Crippen molar-refractivity contribution in [3.8, 4) is 0 Å². The van der Waals surface area contributed by atoms with Gasteiger partial charge in [0.2, 0.25) is 0 Å². The van der Waals surface area contributed by atoms with E-state index >= 15 is 0 Å². The van der Waals surface area contributed by atoms with Gasteiger partial charge in [0.1, 0.15) is 10.5 Å². The molecule has 0 aromatic carbocycles. The molecule has 0 bridgehead atoms. The maximum absolute atomic E-state index is 12.3. The van der Waals surface area contributed by atoms with Gasteiger partial charge in [0.15, 0.2) is 0 Å². The number of ether oxygens (including phenoxy) is 3. The van der Waals surface area contributed by atoms with Crippen LogP contribution in [0.2, 0.25) is 0 Å². The Bertz CT molecular complexity index is 369. The van der Waals surface area contributed by atoms with Crippen LogP contribution in [0.4, 0.5) is 0 Å². The highest BCUT2D eigenvalue weighted by Crippen LogP contribution is 2.38. The molecule has 1 fully saturated rings. The molecule has 1 aliphatic heterocycles. The van der Waals surface area contributed by atoms with Crippen LogP contribution in [-0.2, 0) is 24.2 Å². The van der Waals surface area contributed by atoms with Gasteiger partial charge in [-0.1, -0.05) is 22.6 Å². The quantitative estimate of drug-likeness (QED) is 0.250. The third kappa shape index (κ3) is 6.81. The van der Waals surface area contributed by atoms with E-state index in [0.29, 0.717) is 32.7 Å². The van der Waals surface area contributed by atoms with E-state index in [9.17, 15) is 10.0 Å². The zero-order valence-electron chi connectivity index (χ0n) is 14.8. The lowest BCUT2D eigenvalue weighted by molar-refractivity contribution is -0.301. The van der Waals surface area contributed by atoms with Gasteiger partial charge < -0.3 is 14.2 Å². The van der Waals surface area contributed by atoms with Gasteiger partial charge in [-0.3, -0.25) is 4.79 Å². The number of alkyl halides is 1. The summed E-state index contributed by atoms with van der Waals surface area (Å²) in [6.45, 7) is 11.2. The number of hydrogen-bond donors (Lipinski definition) is 0. The van der Waals surface area contributed by atoms with Crippen molar-refractivity contribution in [2.24, 2.45) is 0 Å². The Morgan fingerprint density at radius 3 is 2.17 bits per heavy atom. The van der Waals surface area contributed by atoms with Crippen LogP contribution < -0.4 is 0 Å². The second-order valence-corrected chi connectivity index (χ2v) is 9.08. The van der Waals surface area contributed by atoms with E-state index in [0.717, 1.165) is 0 Å². The highest BCUT2D eigenvalue weighted by molar-refractivity contribution is 14.1. The smallest absolute Gasteiger partial charge is 0.318 e. The average Bonchev–Trinajstić information content (AvgIpc) is 2.42. The minimum atomic E-state index is -0.419. The summed E-state index contributed by atoms with van der Waals surface area (Å²) < 4.78 is 16.1. The fourth-order valence-electron chi connectivity index (χ4n) is 2.98. The highest BCUT2D eigenvalue weighted by atomic mass is 127. The van der Waals surface area contributed by atoms with Crippen LogP contribution >= 0.6 is 22.6 Å². The molecule has 1 heterocycles. The van der Waals surface area contributed by atoms with Crippen LogP contribution in [0.5, 0.6) is 0 Å². The van der Waals surface area contributed by atoms with Gasteiger partial charge in [-0.25, -0.2) is 0 Å². The van der Waals surface area contributed by atoms with Gasteiger partial charge in [-0.2, -0.15) is 0 Å². The van der Waals surface area contributed by atoms with Crippen molar-refractivity contribution < 1.29 is 24.2 Å². The van der Waals surface area contributed by atoms with Crippen molar-refractivity contribution in [1.82, 2.24) is 5.06 Å². The molecule has 1 radical (unpaired) electrons. The number of piperidine rings is 1. The van der Waals surface area contributed by atoms with Crippen LogP contribution in [-0.4, -0.2) is 58.6 Å². The Labute approximate surface area is 152 Å². The number of rotatable bonds is 8. The molecular weight excluding hydrogens is 413 g/mol. The predicted molar refractivity (Wildman–Crippen MR) is 94.9 cm³/mol. The molecule has 0 aromatic heterocycles. The van der Waals surface area contributed by atoms with Crippen LogP contribution in [0.25, 0.3) is 0 Å². The largest absolute Gasteiger partial charge is 0.462 e. The summed E-state index contributed by atoms with van der Waals surface area (Å²) in [6, 6.07) is 0. The molecule has 0 aromatic rings. The number of carbonyl (C=O) groups excluding carboxylic acids is 1. The molecule has 1 unspecified atom stereocenters. The number of esters is 1. The van der Waals surface area contributed by atoms with Crippen LogP contribution in [0.1, 0.15) is 47.5 Å². The molecule has 0 saturated carbocycles. The zero-order valence-corrected chi connectivity index (χ0v) is 16.9. The third-order valence-electron chi connectivity index (χ3n) is 3.93. The molecule has 135 valence electrons. The third-order valence-corrected chi connectivity index (χ3v) is 4.44. The Morgan fingerprint density at radius 2 is 1.65 bits per heavy atom. The first-order valence-electron chi connectivity index (χ1n) is 8.04. The summed E-state index contributed by atoms with van der Waals surface area (Å²) in [7, 11) is 0. The Hall–Kier alpha value is 0.0400. The van der Waals surface area contributed by atoms with E-state index in [1.807, 2.05) is 50.3 Å². The summed E-state index contributed by atoms with van der Waals surface area (Å²) in [5.41, 5.74) is -0.838. The van der Waals surface area contributed by atoms with Crippen LogP contribution in [0.3, 0.4) is 0 Å². The molecule has 23 heavy (non-hydrogen) atoms. The lowest BCUT2D eigenvalue weighted by Crippen LogP contribution is -2.59. The Morgan fingerprint density at radius 1 is 1.13 bits per heavy atom. The van der Waals surface area contributed by atoms with Crippen molar-refractivity contribution in [3.05, 3.63) is 0 Å². The van der Waals surface area contributed by atoms with E-state index < -0.39 is 11.1 Å². The monoisotopic (exact) mass is 442 g/mol. The number of hydroxylamine groups is 2. The number of halogens is 1. The van der Waals surface area contributed by atoms with Crippen molar-refractivity contribution >= 4 is 28.6 Å². The fraction of sp³-hybridized carbons (Fsp3) is 0.938. The van der Waals surface area contributed by atoms with Gasteiger partial charge >= 0.3 is 5.97 Å². The van der Waals surface area contributed by atoms with Crippen LogP contribution in [0, 0.1) is 0 Å². The molecule has 0 spiro atoms. The lowest BCUT2D eigenvalue weighted by atomic mass is 9.80. The van der Waals surface area contributed by atoms with Crippen molar-refractivity contribution in [2.45, 2.75) is 68.6 Å². The first-order chi connectivity index (χ1) is 10.6. The molecule has 0 amide bonds. The summed E-state index contributed by atoms with van der Waals surface area (Å²) in [4.78, 5) is 11.2. The predicted octanol–water partition coefficient (Wildman–Crippen LogP) is 2.75. The molecule has 0 N–H and O–H groups in total. The van der Waals surface area contributed by atoms with Gasteiger partial charge in [0, 0.05) is 11.1 Å². The number of carbonyl (C=O) groups is 1. The minimum Gasteiger partial charge on any atom is -0.462 e. The standard InChI is InChI=1S/C16H29INO5/c1-12(17)14(19)23-9-7-21-6-8-22-13-10-15(2,3)18(20)16(4,5)11-13/h12-13H,6-11H2,1-5H3. The first kappa shape index (κ1) is 21.1. The Balaban J connectivity index is 2.18. The molecular formula is C16H29INO5. The molecule has 1 atom stereocenters. The summed E-state index contributed by atoms with van der Waals surface area (Å²) in [6.07, 6.45) is 1.49. The van der Waals surface area contributed by atoms with E-state index in [1.54, 1.807) is 6.92 Å². The normalized spacial score (nSPS) is 22.7. The molecule has 0 aliphatic carbocycles. The van der Waals surface area contributed by atoms with Crippen molar-refractivity contribution in [1.29, 1.82) is 0 Å². The topological polar surface area (TPSA) is 67.9 Å². The lowest BCUT2D eigenvalue weighted by Gasteiger charge is -2.49. The van der Waals surface area contributed by atoms with Gasteiger partial charge in [0.25, 0.3) is 0 Å². The summed E-state index contributed by atoms with van der Waals surface area (Å²) >= 11 is 2.01. The van der Waals surface area contributed by atoms with E-state index in [1.165, 1.54) is 5.06 Å². The average molecular weight is 442 g/mol. The second-order valence-electron chi connectivity index (χ2n) is 7.22. The van der Waals surface area contributed by atoms with E-state index in [2.05, 4.69) is 0 Å². The Kier molecular flexibility index (Phi) is 8.19. The van der Waals surface area contributed by atoms with Gasteiger partial charge in [0.05, 0.1) is 25.9 Å². The summed E-state index contributed by atoms with van der Waals surface area (Å²) in [5, 5.41) is 13.5. The number of hydrogen-bond acceptors (Lipinski definition) is 5. The maximum atomic E-state index is 12.3.